The molecule has 1 aromatic carbocycles. The third-order valence-electron chi connectivity index (χ3n) is 4.22. The maximum Gasteiger partial charge on any atom is 0.329 e. The van der Waals surface area contributed by atoms with E-state index in [2.05, 4.69) is 0 Å². The zero-order valence-electron chi connectivity index (χ0n) is 12.3. The lowest BCUT2D eigenvalue weighted by Gasteiger charge is -2.33. The van der Waals surface area contributed by atoms with Gasteiger partial charge in [-0.15, -0.1) is 0 Å². The van der Waals surface area contributed by atoms with E-state index in [4.69, 9.17) is 11.6 Å². The number of amides is 1. The Hall–Kier alpha value is -1.55. The standard InChI is InChI=1S/C16H20ClNO3/c1-11(9-12-5-3-6-13(17)10-12)14(19)18-8-4-7-16(18,2)15(20)21/h3,5-6,10-11H,4,7-9H2,1-2H3,(H,20,21). The largest absolute Gasteiger partial charge is 0.480 e. The van der Waals surface area contributed by atoms with E-state index >= 15 is 0 Å². The molecule has 1 aromatic rings. The van der Waals surface area contributed by atoms with Crippen LogP contribution in [0.5, 0.6) is 0 Å². The average molecular weight is 310 g/mol. The molecule has 4 nitrogen and oxygen atoms in total. The fourth-order valence-electron chi connectivity index (χ4n) is 2.91. The predicted octanol–water partition coefficient (Wildman–Crippen LogP) is 2.98. The van der Waals surface area contributed by atoms with Crippen molar-refractivity contribution in [3.05, 3.63) is 34.9 Å². The van der Waals surface area contributed by atoms with Crippen LogP contribution in [0.2, 0.25) is 5.02 Å². The molecule has 1 fully saturated rings. The zero-order chi connectivity index (χ0) is 15.6. The first-order valence-corrected chi connectivity index (χ1v) is 7.51. The number of nitrogens with zero attached hydrogens (tertiary/aromatic N) is 1. The van der Waals surface area contributed by atoms with Gasteiger partial charge in [0.05, 0.1) is 0 Å². The van der Waals surface area contributed by atoms with E-state index in [-0.39, 0.29) is 11.8 Å². The monoisotopic (exact) mass is 309 g/mol. The van der Waals surface area contributed by atoms with Crippen molar-refractivity contribution in [2.24, 2.45) is 5.92 Å². The molecule has 1 heterocycles. The second-order valence-corrected chi connectivity index (χ2v) is 6.34. The van der Waals surface area contributed by atoms with Crippen LogP contribution in [0.15, 0.2) is 24.3 Å². The fraction of sp³-hybridized carbons (Fsp3) is 0.500. The number of aliphatic carboxylic acids is 1. The summed E-state index contributed by atoms with van der Waals surface area (Å²) >= 11 is 5.95. The van der Waals surface area contributed by atoms with E-state index in [0.717, 1.165) is 12.0 Å². The lowest BCUT2D eigenvalue weighted by molar-refractivity contribution is -0.156. The molecule has 0 aliphatic carbocycles. The van der Waals surface area contributed by atoms with Crippen molar-refractivity contribution in [3.8, 4) is 0 Å². The SMILES string of the molecule is CC(Cc1cccc(Cl)c1)C(=O)N1CCCC1(C)C(=O)O. The smallest absolute Gasteiger partial charge is 0.329 e. The summed E-state index contributed by atoms with van der Waals surface area (Å²) in [5.41, 5.74) is -0.0840. The highest BCUT2D eigenvalue weighted by atomic mass is 35.5. The van der Waals surface area contributed by atoms with Gasteiger partial charge in [0, 0.05) is 17.5 Å². The van der Waals surface area contributed by atoms with Gasteiger partial charge < -0.3 is 10.0 Å². The van der Waals surface area contributed by atoms with Gasteiger partial charge in [0.1, 0.15) is 5.54 Å². The number of hydrogen-bond acceptors (Lipinski definition) is 2. The lowest BCUT2D eigenvalue weighted by atomic mass is 9.95. The number of carboxylic acids is 1. The summed E-state index contributed by atoms with van der Waals surface area (Å²) in [6.45, 7) is 3.98. The number of carbonyl (C=O) groups excluding carboxylic acids is 1. The van der Waals surface area contributed by atoms with Crippen LogP contribution in [0.1, 0.15) is 32.3 Å². The number of carboxylic acid groups (broad SMARTS) is 1. The number of benzene rings is 1. The molecule has 1 amide bonds. The molecule has 2 atom stereocenters. The maximum atomic E-state index is 12.6. The topological polar surface area (TPSA) is 57.6 Å². The maximum absolute atomic E-state index is 12.6. The molecule has 2 rings (SSSR count). The van der Waals surface area contributed by atoms with Gasteiger partial charge in [-0.3, -0.25) is 4.79 Å². The van der Waals surface area contributed by atoms with Gasteiger partial charge in [-0.25, -0.2) is 4.79 Å². The summed E-state index contributed by atoms with van der Waals surface area (Å²) in [7, 11) is 0. The minimum absolute atomic E-state index is 0.0997. The molecule has 1 aliphatic heterocycles. The molecule has 1 aliphatic rings. The van der Waals surface area contributed by atoms with Gasteiger partial charge in [-0.2, -0.15) is 0 Å². The van der Waals surface area contributed by atoms with Crippen molar-refractivity contribution in [2.75, 3.05) is 6.54 Å². The van der Waals surface area contributed by atoms with Gasteiger partial charge in [-0.05, 0) is 43.9 Å². The Labute approximate surface area is 129 Å². The van der Waals surface area contributed by atoms with Crippen LogP contribution in [-0.2, 0) is 16.0 Å². The summed E-state index contributed by atoms with van der Waals surface area (Å²) in [5, 5.41) is 10.0. The van der Waals surface area contributed by atoms with Crippen LogP contribution >= 0.6 is 11.6 Å². The second kappa shape index (κ2) is 6.06. The third kappa shape index (κ3) is 3.21. The minimum Gasteiger partial charge on any atom is -0.480 e. The number of rotatable bonds is 4. The predicted molar refractivity (Wildman–Crippen MR) is 81.3 cm³/mol. The molecular weight excluding hydrogens is 290 g/mol. The molecule has 2 unspecified atom stereocenters. The summed E-state index contributed by atoms with van der Waals surface area (Å²) in [5.74, 6) is -1.29. The van der Waals surface area contributed by atoms with Crippen molar-refractivity contribution in [1.29, 1.82) is 0 Å². The van der Waals surface area contributed by atoms with Crippen LogP contribution in [0.25, 0.3) is 0 Å². The highest BCUT2D eigenvalue weighted by molar-refractivity contribution is 6.30. The Balaban J connectivity index is 2.10. The second-order valence-electron chi connectivity index (χ2n) is 5.91. The Morgan fingerprint density at radius 3 is 2.81 bits per heavy atom. The highest BCUT2D eigenvalue weighted by Crippen LogP contribution is 2.31. The summed E-state index contributed by atoms with van der Waals surface area (Å²) < 4.78 is 0. The first-order chi connectivity index (χ1) is 9.84. The summed E-state index contributed by atoms with van der Waals surface area (Å²) in [6.07, 6.45) is 1.81. The van der Waals surface area contributed by atoms with E-state index in [1.807, 2.05) is 25.1 Å². The van der Waals surface area contributed by atoms with Crippen molar-refractivity contribution in [2.45, 2.75) is 38.6 Å². The Morgan fingerprint density at radius 1 is 1.48 bits per heavy atom. The van der Waals surface area contributed by atoms with Crippen LogP contribution in [0.4, 0.5) is 0 Å². The normalized spacial score (nSPS) is 23.1. The van der Waals surface area contributed by atoms with Gasteiger partial charge in [0.15, 0.2) is 0 Å². The van der Waals surface area contributed by atoms with Gasteiger partial charge in [0.25, 0.3) is 0 Å². The van der Waals surface area contributed by atoms with E-state index in [0.29, 0.717) is 24.4 Å². The van der Waals surface area contributed by atoms with Gasteiger partial charge >= 0.3 is 5.97 Å². The number of likely N-dealkylation sites (tertiary alicyclic amines) is 1. The van der Waals surface area contributed by atoms with Crippen LogP contribution in [0.3, 0.4) is 0 Å². The molecule has 0 radical (unpaired) electrons. The third-order valence-corrected chi connectivity index (χ3v) is 4.46. The number of hydrogen-bond donors (Lipinski definition) is 1. The molecule has 1 N–H and O–H groups in total. The molecule has 5 heteroatoms. The minimum atomic E-state index is -1.07. The zero-order valence-corrected chi connectivity index (χ0v) is 13.1. The molecule has 0 aromatic heterocycles. The van der Waals surface area contributed by atoms with Crippen molar-refractivity contribution in [1.82, 2.24) is 4.90 Å². The molecular formula is C16H20ClNO3. The first kappa shape index (κ1) is 15.8. The molecule has 0 spiro atoms. The van der Waals surface area contributed by atoms with Crippen LogP contribution in [0, 0.1) is 5.92 Å². The molecule has 21 heavy (non-hydrogen) atoms. The van der Waals surface area contributed by atoms with E-state index in [9.17, 15) is 14.7 Å². The molecule has 0 bridgehead atoms. The van der Waals surface area contributed by atoms with Gasteiger partial charge in [0.2, 0.25) is 5.91 Å². The van der Waals surface area contributed by atoms with Crippen molar-refractivity contribution >= 4 is 23.5 Å². The fourth-order valence-corrected chi connectivity index (χ4v) is 3.12. The number of carbonyl (C=O) groups is 2. The molecule has 1 saturated heterocycles. The molecule has 0 saturated carbocycles. The van der Waals surface area contributed by atoms with Gasteiger partial charge in [-0.1, -0.05) is 30.7 Å². The average Bonchev–Trinajstić information content (AvgIpc) is 2.81. The summed E-state index contributed by atoms with van der Waals surface area (Å²) in [4.78, 5) is 25.6. The van der Waals surface area contributed by atoms with E-state index < -0.39 is 11.5 Å². The lowest BCUT2D eigenvalue weighted by Crippen LogP contribution is -2.52. The van der Waals surface area contributed by atoms with Crippen LogP contribution in [-0.4, -0.2) is 34.0 Å². The molecule has 114 valence electrons. The van der Waals surface area contributed by atoms with Crippen molar-refractivity contribution < 1.29 is 14.7 Å². The quantitative estimate of drug-likeness (QED) is 0.930. The van der Waals surface area contributed by atoms with Crippen molar-refractivity contribution in [3.63, 3.8) is 0 Å². The Kier molecular flexibility index (Phi) is 4.57. The summed E-state index contributed by atoms with van der Waals surface area (Å²) in [6, 6.07) is 7.41. The number of halogens is 1. The Morgan fingerprint density at radius 2 is 2.19 bits per heavy atom. The van der Waals surface area contributed by atoms with Crippen LogP contribution < -0.4 is 0 Å². The van der Waals surface area contributed by atoms with E-state index in [1.54, 1.807) is 13.0 Å². The van der Waals surface area contributed by atoms with E-state index in [1.165, 1.54) is 4.90 Å². The highest BCUT2D eigenvalue weighted by Gasteiger charge is 2.46. The Bertz CT molecular complexity index is 560. The first-order valence-electron chi connectivity index (χ1n) is 7.14.